The number of hydrogen-bond acceptors (Lipinski definition) is 6. The Kier molecular flexibility index (Phi) is 16.3. The molecular weight excluding hydrogens is 479 g/mol. The average Bonchev–Trinajstić information content (AvgIpc) is 2.88. The van der Waals surface area contributed by atoms with Crippen molar-refractivity contribution >= 4 is 23.5 Å². The number of Topliss-reactive ketones (excluding diaryl/α,β-unsaturated/α-hetero) is 1. The number of primary amides is 1. The van der Waals surface area contributed by atoms with E-state index < -0.39 is 11.7 Å². The maximum atomic E-state index is 13.0. The smallest absolute Gasteiger partial charge is 0.252 e. The monoisotopic (exact) mass is 520 g/mol. The lowest BCUT2D eigenvalue weighted by molar-refractivity contribution is 0.0990. The molecule has 1 aliphatic carbocycles. The van der Waals surface area contributed by atoms with Gasteiger partial charge in [0.05, 0.1) is 17.3 Å². The van der Waals surface area contributed by atoms with E-state index in [4.69, 9.17) is 15.6 Å². The predicted octanol–water partition coefficient (Wildman–Crippen LogP) is 6.95. The number of nitrogens with two attached hydrogens (primary N) is 1. The maximum absolute atomic E-state index is 13.0. The van der Waals surface area contributed by atoms with Crippen LogP contribution in [0.5, 0.6) is 11.6 Å². The van der Waals surface area contributed by atoms with Gasteiger partial charge in [-0.25, -0.2) is 9.37 Å². The van der Waals surface area contributed by atoms with Gasteiger partial charge in [-0.1, -0.05) is 70.9 Å². The van der Waals surface area contributed by atoms with Crippen LogP contribution in [0, 0.1) is 5.82 Å². The summed E-state index contributed by atoms with van der Waals surface area (Å²) in [6.07, 6.45) is 13.3. The average molecular weight is 521 g/mol. The van der Waals surface area contributed by atoms with E-state index in [1.54, 1.807) is 12.1 Å². The molecule has 0 radical (unpaired) electrons. The van der Waals surface area contributed by atoms with E-state index >= 15 is 0 Å². The fraction of sp³-hybridized carbons (Fsp3) is 0.536. The molecule has 1 saturated carbocycles. The van der Waals surface area contributed by atoms with Gasteiger partial charge in [-0.15, -0.1) is 0 Å². The van der Waals surface area contributed by atoms with Gasteiger partial charge in [0, 0.05) is 0 Å². The molecule has 8 heteroatoms. The number of aromatic hydroxyl groups is 1. The Labute approximate surface area is 219 Å². The summed E-state index contributed by atoms with van der Waals surface area (Å²) in [6.45, 7) is 5.64. The number of ketones is 1. The summed E-state index contributed by atoms with van der Waals surface area (Å²) in [4.78, 5) is 25.7. The highest BCUT2D eigenvalue weighted by Crippen LogP contribution is 2.24. The molecule has 0 bridgehead atoms. The summed E-state index contributed by atoms with van der Waals surface area (Å²) in [5.74, 6) is 0.950. The van der Waals surface area contributed by atoms with Crippen molar-refractivity contribution in [2.24, 2.45) is 5.73 Å². The van der Waals surface area contributed by atoms with Crippen LogP contribution >= 0.6 is 11.8 Å². The highest BCUT2D eigenvalue weighted by molar-refractivity contribution is 7.99. The second-order valence-corrected chi connectivity index (χ2v) is 9.93. The predicted molar refractivity (Wildman–Crippen MR) is 145 cm³/mol. The maximum Gasteiger partial charge on any atom is 0.252 e. The number of para-hydroxylation sites is 1. The summed E-state index contributed by atoms with van der Waals surface area (Å²) in [6, 6.07) is 7.33. The summed E-state index contributed by atoms with van der Waals surface area (Å²) in [5.41, 5.74) is 5.30. The number of thioether (sulfide) groups is 1. The van der Waals surface area contributed by atoms with Crippen LogP contribution in [0.1, 0.15) is 99.3 Å². The van der Waals surface area contributed by atoms with Crippen LogP contribution < -0.4 is 10.5 Å². The highest BCUT2D eigenvalue weighted by atomic mass is 32.2. The molecule has 1 amide bonds. The number of carbonyl (C=O) groups excluding carboxylic acids is 2. The zero-order valence-electron chi connectivity index (χ0n) is 21.8. The number of phenols is 1. The Hall–Kier alpha value is -2.61. The first-order valence-corrected chi connectivity index (χ1v) is 13.9. The van der Waals surface area contributed by atoms with Gasteiger partial charge in [0.1, 0.15) is 17.7 Å². The third-order valence-electron chi connectivity index (χ3n) is 5.31. The Bertz CT molecular complexity index is 905. The molecule has 1 saturated heterocycles. The topological polar surface area (TPSA) is 103 Å². The molecule has 2 aromatic rings. The molecule has 2 aliphatic rings. The number of ether oxygens (including phenoxy) is 1. The molecule has 6 nitrogen and oxygen atoms in total. The van der Waals surface area contributed by atoms with Crippen molar-refractivity contribution < 1.29 is 23.8 Å². The third-order valence-corrected chi connectivity index (χ3v) is 6.36. The highest BCUT2D eigenvalue weighted by Gasteiger charge is 2.19. The van der Waals surface area contributed by atoms with E-state index in [0.29, 0.717) is 0 Å². The van der Waals surface area contributed by atoms with E-state index in [9.17, 15) is 14.0 Å². The van der Waals surface area contributed by atoms with Gasteiger partial charge < -0.3 is 15.6 Å². The quantitative estimate of drug-likeness (QED) is 0.423. The van der Waals surface area contributed by atoms with E-state index in [-0.39, 0.29) is 34.6 Å². The summed E-state index contributed by atoms with van der Waals surface area (Å²) < 4.78 is 18.7. The van der Waals surface area contributed by atoms with Crippen molar-refractivity contribution in [3.63, 3.8) is 0 Å². The van der Waals surface area contributed by atoms with Crippen molar-refractivity contribution in [1.82, 2.24) is 4.98 Å². The van der Waals surface area contributed by atoms with E-state index in [1.165, 1.54) is 70.1 Å². The molecule has 0 atom stereocenters. The van der Waals surface area contributed by atoms with Crippen molar-refractivity contribution in [2.45, 2.75) is 84.7 Å². The molecule has 3 N–H and O–H groups in total. The van der Waals surface area contributed by atoms with E-state index in [1.807, 2.05) is 11.8 Å². The minimum atomic E-state index is -0.613. The fourth-order valence-electron chi connectivity index (χ4n) is 3.47. The van der Waals surface area contributed by atoms with Gasteiger partial charge >= 0.3 is 0 Å². The number of carbonyl (C=O) groups is 2. The van der Waals surface area contributed by atoms with Gasteiger partial charge in [0.15, 0.2) is 5.78 Å². The second-order valence-electron chi connectivity index (χ2n) is 8.70. The van der Waals surface area contributed by atoms with Crippen molar-refractivity contribution in [1.29, 1.82) is 0 Å². The van der Waals surface area contributed by atoms with Gasteiger partial charge in [-0.2, -0.15) is 11.8 Å². The Morgan fingerprint density at radius 3 is 2.03 bits per heavy atom. The lowest BCUT2D eigenvalue weighted by Crippen LogP contribution is -2.23. The third kappa shape index (κ3) is 12.9. The molecule has 200 valence electrons. The molecule has 1 aromatic carbocycles. The molecule has 0 unspecified atom stereocenters. The lowest BCUT2D eigenvalue weighted by Gasteiger charge is -2.22. The molecule has 36 heavy (non-hydrogen) atoms. The number of halogens is 1. The molecule has 2 fully saturated rings. The van der Waals surface area contributed by atoms with E-state index in [0.717, 1.165) is 30.5 Å². The normalized spacial score (nSPS) is 15.0. The van der Waals surface area contributed by atoms with Crippen LogP contribution in [0.2, 0.25) is 0 Å². The van der Waals surface area contributed by atoms with Crippen LogP contribution in [0.4, 0.5) is 4.39 Å². The Balaban J connectivity index is 0.000000287. The van der Waals surface area contributed by atoms with Crippen LogP contribution in [0.3, 0.4) is 0 Å². The molecule has 1 aliphatic heterocycles. The fourth-order valence-corrected chi connectivity index (χ4v) is 4.53. The first-order chi connectivity index (χ1) is 17.3. The van der Waals surface area contributed by atoms with Gasteiger partial charge in [-0.3, -0.25) is 9.59 Å². The largest absolute Gasteiger partial charge is 0.507 e. The molecule has 0 spiro atoms. The van der Waals surface area contributed by atoms with Gasteiger partial charge in [0.2, 0.25) is 5.88 Å². The van der Waals surface area contributed by atoms with Crippen molar-refractivity contribution in [2.75, 3.05) is 11.5 Å². The first kappa shape index (κ1) is 31.4. The van der Waals surface area contributed by atoms with Gasteiger partial charge in [-0.05, 0) is 49.5 Å². The summed E-state index contributed by atoms with van der Waals surface area (Å²) in [5, 5.41) is 8.98. The molecule has 1 aromatic heterocycles. The second kappa shape index (κ2) is 18.6. The minimum Gasteiger partial charge on any atom is -0.507 e. The Morgan fingerprint density at radius 2 is 1.58 bits per heavy atom. The zero-order valence-corrected chi connectivity index (χ0v) is 22.6. The van der Waals surface area contributed by atoms with Gasteiger partial charge in [0.25, 0.3) is 5.91 Å². The number of aromatic nitrogens is 1. The molecular formula is C28H41FN2O4S. The number of pyridine rings is 1. The van der Waals surface area contributed by atoms with Crippen LogP contribution in [0.15, 0.2) is 36.5 Å². The van der Waals surface area contributed by atoms with Crippen LogP contribution in [-0.2, 0) is 0 Å². The number of benzene rings is 1. The standard InChI is InChI=1S/C12H14FNO2S.C7H7NO2.C6H12.C3H8/c1-8(15)11-6-9(13)7-14-12(11)16-10-2-4-17-5-3-10;8-7(10)5-3-1-2-4-6(5)9;1-2-4-6-5-3-1;1-3-2/h6-7,10H,2-5H2,1H3;1-4,9H,(H2,8,10);1-6H2;3H2,1-2H3. The SMILES string of the molecule is C1CCCCC1.CC(=O)c1cc(F)cnc1OC1CCSCC1.CCC.NC(=O)c1ccccc1O. The van der Waals surface area contributed by atoms with Crippen molar-refractivity contribution in [3.8, 4) is 11.6 Å². The summed E-state index contributed by atoms with van der Waals surface area (Å²) in [7, 11) is 0. The first-order valence-electron chi connectivity index (χ1n) is 12.8. The zero-order chi connectivity index (χ0) is 26.8. The Morgan fingerprint density at radius 1 is 1.06 bits per heavy atom. The van der Waals surface area contributed by atoms with Crippen LogP contribution in [0.25, 0.3) is 0 Å². The number of amides is 1. The summed E-state index contributed by atoms with van der Waals surface area (Å²) >= 11 is 1.89. The van der Waals surface area contributed by atoms with E-state index in [2.05, 4.69) is 18.8 Å². The van der Waals surface area contributed by atoms with Crippen molar-refractivity contribution in [3.05, 3.63) is 53.5 Å². The number of rotatable bonds is 4. The minimum absolute atomic E-state index is 0.0741. The number of nitrogens with zero attached hydrogens (tertiary/aromatic N) is 1. The molecule has 2 heterocycles. The molecule has 4 rings (SSSR count). The van der Waals surface area contributed by atoms with Crippen LogP contribution in [-0.4, -0.2) is 39.4 Å². The number of hydrogen-bond donors (Lipinski definition) is 2. The lowest BCUT2D eigenvalue weighted by atomic mass is 10.0.